The number of carbonyl (C=O) groups is 12. The van der Waals surface area contributed by atoms with Gasteiger partial charge in [0.05, 0.1) is 62.3 Å². The average molecular weight is 1150 g/mol. The molecule has 456 valence electrons. The van der Waals surface area contributed by atoms with Gasteiger partial charge in [0.25, 0.3) is 0 Å². The van der Waals surface area contributed by atoms with Gasteiger partial charge in [0.2, 0.25) is 65.0 Å². The molecule has 4 rings (SSSR count). The quantitative estimate of drug-likeness (QED) is 0.0444. The molecule has 4 aliphatic heterocycles. The number of hydrogen-bond donors (Lipinski definition) is 9. The molecule has 10 N–H and O–H groups in total. The van der Waals surface area contributed by atoms with Gasteiger partial charge in [-0.3, -0.25) is 52.7 Å². The summed E-state index contributed by atoms with van der Waals surface area (Å²) in [7, 11) is 0. The van der Waals surface area contributed by atoms with E-state index in [1.54, 1.807) is 62.3 Å². The van der Waals surface area contributed by atoms with Crippen molar-refractivity contribution < 1.29 is 76.9 Å². The van der Waals surface area contributed by atoms with Crippen molar-refractivity contribution in [3.63, 3.8) is 0 Å². The Balaban J connectivity index is 1.37. The van der Waals surface area contributed by atoms with Crippen LogP contribution in [0.2, 0.25) is 0 Å². The van der Waals surface area contributed by atoms with Gasteiger partial charge in [-0.25, -0.2) is 4.79 Å². The minimum absolute atomic E-state index is 0.179. The molecule has 0 spiro atoms. The van der Waals surface area contributed by atoms with Crippen molar-refractivity contribution in [2.24, 2.45) is 5.73 Å². The summed E-state index contributed by atoms with van der Waals surface area (Å²) in [4.78, 5) is 166. The molecule has 11 amide bonds. The van der Waals surface area contributed by atoms with E-state index >= 15 is 0 Å². The van der Waals surface area contributed by atoms with E-state index in [4.69, 9.17) is 19.9 Å². The highest BCUT2D eigenvalue weighted by atomic mass is 16.5. The Morgan fingerprint density at radius 2 is 0.877 bits per heavy atom. The summed E-state index contributed by atoms with van der Waals surface area (Å²) >= 11 is 0. The predicted molar refractivity (Wildman–Crippen MR) is 290 cm³/mol. The Labute approximate surface area is 473 Å². The van der Waals surface area contributed by atoms with Crippen LogP contribution >= 0.6 is 0 Å². The maximum atomic E-state index is 14.3. The Hall–Kier alpha value is -6.52. The van der Waals surface area contributed by atoms with Gasteiger partial charge in [0, 0.05) is 26.2 Å². The molecule has 81 heavy (non-hydrogen) atoms. The predicted octanol–water partition coefficient (Wildman–Crippen LogP) is -2.86. The second kappa shape index (κ2) is 29.5. The normalized spacial score (nSPS) is 21.2. The third kappa shape index (κ3) is 20.8. The van der Waals surface area contributed by atoms with Gasteiger partial charge in [-0.2, -0.15) is 0 Å². The first-order chi connectivity index (χ1) is 37.7. The summed E-state index contributed by atoms with van der Waals surface area (Å²) in [5.41, 5.74) is 3.24. The molecule has 0 aliphatic carbocycles. The minimum Gasteiger partial charge on any atom is -0.480 e. The maximum Gasteiger partial charge on any atom is 0.328 e. The van der Waals surface area contributed by atoms with Crippen LogP contribution in [-0.4, -0.2) is 232 Å². The van der Waals surface area contributed by atoms with Gasteiger partial charge in [-0.05, 0) is 128 Å². The van der Waals surface area contributed by atoms with Gasteiger partial charge >= 0.3 is 5.97 Å². The van der Waals surface area contributed by atoms with Crippen molar-refractivity contribution in [3.05, 3.63) is 0 Å². The van der Waals surface area contributed by atoms with Crippen LogP contribution in [0.5, 0.6) is 0 Å². The molecule has 0 radical (unpaired) electrons. The Morgan fingerprint density at radius 1 is 0.481 bits per heavy atom. The van der Waals surface area contributed by atoms with Crippen molar-refractivity contribution >= 4 is 70.9 Å². The summed E-state index contributed by atoms with van der Waals surface area (Å²) in [5.74, 6) is -8.43. The van der Waals surface area contributed by atoms with Crippen LogP contribution < -0.4 is 43.0 Å². The lowest BCUT2D eigenvalue weighted by atomic mass is 10.1. The number of nitrogens with two attached hydrogens (primary N) is 1. The molecule has 0 bridgehead atoms. The fourth-order valence-corrected chi connectivity index (χ4v) is 9.51. The third-order valence-corrected chi connectivity index (χ3v) is 13.7. The fourth-order valence-electron chi connectivity index (χ4n) is 9.51. The lowest BCUT2D eigenvalue weighted by Gasteiger charge is -2.34. The summed E-state index contributed by atoms with van der Waals surface area (Å²) in [6.07, 6.45) is 3.00. The number of nitrogens with zero attached hydrogens (tertiary/aromatic N) is 4. The summed E-state index contributed by atoms with van der Waals surface area (Å²) < 4.78 is 17.4. The Bertz CT molecular complexity index is 2310. The molecule has 0 unspecified atom stereocenters. The molecule has 4 fully saturated rings. The standard InChI is InChI=1S/C53H88N12O16/c1-30(54)42(69)56-24-39(66)55-26-41(68)62-20-12-16-35(62)45(72)60-33(28-80-52(6,7)8)44(71)59-32(27-79-51(3,4)5)43(70)57-25-40(67)58-31(2)47(74)64-22-14-18-37(64)49(76)65-23-15-19-38(65)48(75)63-21-13-17-36(63)46(73)61-34(50(77)78)29-81-53(9,10)11/h30-38H,12-29,54H2,1-11H3,(H,55,66)(H,56,69)(H,57,70)(H,58,67)(H,59,71)(H,60,72)(H,61,73)(H,77,78)/t30-,31-,32-,33-,34-,35-,36-,37-,38-/m0/s1. The van der Waals surface area contributed by atoms with E-state index < -0.39 is 162 Å². The molecule has 4 saturated heterocycles. The van der Waals surface area contributed by atoms with Crippen LogP contribution in [0.4, 0.5) is 0 Å². The molecule has 4 aliphatic rings. The molecular formula is C53H88N12O16. The number of carboxylic acids is 1. The molecular weight excluding hydrogens is 1060 g/mol. The van der Waals surface area contributed by atoms with Crippen molar-refractivity contribution in [2.45, 2.75) is 199 Å². The summed E-state index contributed by atoms with van der Waals surface area (Å²) in [5, 5.41) is 27.3. The van der Waals surface area contributed by atoms with E-state index in [0.717, 1.165) is 0 Å². The van der Waals surface area contributed by atoms with E-state index in [1.807, 2.05) is 0 Å². The number of carboxylic acid groups (broad SMARTS) is 1. The number of carbonyl (C=O) groups excluding carboxylic acids is 11. The van der Waals surface area contributed by atoms with Crippen LogP contribution in [0.15, 0.2) is 0 Å². The second-order valence-corrected chi connectivity index (χ2v) is 23.9. The molecule has 9 atom stereocenters. The molecule has 0 aromatic rings. The van der Waals surface area contributed by atoms with Gasteiger partial charge in [0.15, 0.2) is 6.04 Å². The zero-order valence-electron chi connectivity index (χ0n) is 48.9. The van der Waals surface area contributed by atoms with Crippen LogP contribution in [0.25, 0.3) is 0 Å². The van der Waals surface area contributed by atoms with E-state index in [0.29, 0.717) is 38.5 Å². The Kier molecular flexibility index (Phi) is 24.4. The molecule has 0 aromatic carbocycles. The highest BCUT2D eigenvalue weighted by molar-refractivity contribution is 5.99. The van der Waals surface area contributed by atoms with Crippen LogP contribution in [-0.2, 0) is 71.7 Å². The number of rotatable bonds is 25. The minimum atomic E-state index is -1.43. The lowest BCUT2D eigenvalue weighted by molar-refractivity contribution is -0.151. The van der Waals surface area contributed by atoms with E-state index in [-0.39, 0.29) is 58.8 Å². The average Bonchev–Trinajstić information content (AvgIpc) is 4.42. The van der Waals surface area contributed by atoms with Gasteiger partial charge in [-0.15, -0.1) is 0 Å². The van der Waals surface area contributed by atoms with Crippen molar-refractivity contribution in [1.82, 2.24) is 56.8 Å². The van der Waals surface area contributed by atoms with E-state index in [2.05, 4.69) is 37.2 Å². The zero-order valence-corrected chi connectivity index (χ0v) is 48.9. The maximum absolute atomic E-state index is 14.3. The smallest absolute Gasteiger partial charge is 0.328 e. The number of hydrogen-bond acceptors (Lipinski definition) is 16. The molecule has 4 heterocycles. The highest BCUT2D eigenvalue weighted by Crippen LogP contribution is 2.29. The van der Waals surface area contributed by atoms with E-state index in [1.165, 1.54) is 33.4 Å². The number of amides is 11. The first-order valence-electron chi connectivity index (χ1n) is 27.8. The first-order valence-corrected chi connectivity index (χ1v) is 27.8. The summed E-state index contributed by atoms with van der Waals surface area (Å²) in [6.45, 7) is 16.7. The SMILES string of the molecule is C[C@H](N)C(=O)NCC(=O)NCC(=O)N1CCC[C@H]1C(=O)N[C@@H](COC(C)(C)C)C(=O)N[C@@H](COC(C)(C)C)C(=O)NCC(=O)N[C@@H](C)C(=O)N1CCC[C@H]1C(=O)N1CCC[C@H]1C(=O)N1CCC[C@H]1C(=O)N[C@@H](COC(C)(C)C)C(=O)O. The van der Waals surface area contributed by atoms with Crippen LogP contribution in [0, 0.1) is 0 Å². The van der Waals surface area contributed by atoms with E-state index in [9.17, 15) is 62.6 Å². The van der Waals surface area contributed by atoms with Gasteiger partial charge < -0.3 is 81.9 Å². The topological polar surface area (TPSA) is 376 Å². The molecule has 28 nitrogen and oxygen atoms in total. The third-order valence-electron chi connectivity index (χ3n) is 13.7. The summed E-state index contributed by atoms with van der Waals surface area (Å²) in [6, 6.07) is -10.1. The highest BCUT2D eigenvalue weighted by Gasteiger charge is 2.47. The zero-order chi connectivity index (χ0) is 60.7. The number of nitrogens with one attached hydrogen (secondary N) is 7. The molecule has 0 aromatic heterocycles. The molecule has 0 saturated carbocycles. The van der Waals surface area contributed by atoms with Crippen molar-refractivity contribution in [2.75, 3.05) is 65.6 Å². The Morgan fingerprint density at radius 3 is 1.37 bits per heavy atom. The largest absolute Gasteiger partial charge is 0.480 e. The van der Waals surface area contributed by atoms with Crippen molar-refractivity contribution in [1.29, 1.82) is 0 Å². The fraction of sp³-hybridized carbons (Fsp3) is 0.774. The van der Waals surface area contributed by atoms with Crippen LogP contribution in [0.3, 0.4) is 0 Å². The molecule has 28 heteroatoms. The van der Waals surface area contributed by atoms with Crippen LogP contribution in [0.1, 0.15) is 128 Å². The van der Waals surface area contributed by atoms with Crippen molar-refractivity contribution in [3.8, 4) is 0 Å². The monoisotopic (exact) mass is 1150 g/mol. The van der Waals surface area contributed by atoms with Gasteiger partial charge in [0.1, 0.15) is 42.3 Å². The number of likely N-dealkylation sites (tertiary alicyclic amines) is 4. The first kappa shape index (κ1) is 67.0. The number of aliphatic carboxylic acids is 1. The van der Waals surface area contributed by atoms with Gasteiger partial charge in [-0.1, -0.05) is 0 Å². The lowest BCUT2D eigenvalue weighted by Crippen LogP contribution is -2.60. The number of ether oxygens (including phenoxy) is 3. The second-order valence-electron chi connectivity index (χ2n) is 23.9.